The van der Waals surface area contributed by atoms with Crippen LogP contribution in [0.25, 0.3) is 22.2 Å². The number of hydrogen-bond acceptors (Lipinski definition) is 4. The molecular formula is C34H21ClF2N2O3. The summed E-state index contributed by atoms with van der Waals surface area (Å²) in [6, 6.07) is 32.3. The number of carbonyl (C=O) groups excluding carboxylic acids is 1. The van der Waals surface area contributed by atoms with Gasteiger partial charge in [0.1, 0.15) is 34.6 Å². The number of anilines is 1. The van der Waals surface area contributed by atoms with Gasteiger partial charge in [-0.25, -0.2) is 13.8 Å². The quantitative estimate of drug-likeness (QED) is 0.205. The summed E-state index contributed by atoms with van der Waals surface area (Å²) in [5, 5.41) is 4.21. The summed E-state index contributed by atoms with van der Waals surface area (Å²) in [6.45, 7) is 0. The summed E-state index contributed by atoms with van der Waals surface area (Å²) in [6.07, 6.45) is 0. The summed E-state index contributed by atoms with van der Waals surface area (Å²) in [5.41, 5.74) is 2.87. The van der Waals surface area contributed by atoms with Crippen LogP contribution in [-0.4, -0.2) is 10.9 Å². The van der Waals surface area contributed by atoms with E-state index in [0.717, 1.165) is 5.56 Å². The maximum atomic E-state index is 13.8. The molecule has 0 bridgehead atoms. The number of benzene rings is 5. The van der Waals surface area contributed by atoms with E-state index >= 15 is 0 Å². The molecule has 1 N–H and O–H groups in total. The van der Waals surface area contributed by atoms with Gasteiger partial charge in [-0.05, 0) is 72.8 Å². The summed E-state index contributed by atoms with van der Waals surface area (Å²) in [4.78, 5) is 18.5. The van der Waals surface area contributed by atoms with Gasteiger partial charge in [0.2, 0.25) is 0 Å². The molecule has 0 atom stereocenters. The molecular weight excluding hydrogens is 558 g/mol. The molecule has 1 aromatic heterocycles. The summed E-state index contributed by atoms with van der Waals surface area (Å²) in [7, 11) is 0. The number of ether oxygens (including phenoxy) is 2. The fourth-order valence-corrected chi connectivity index (χ4v) is 4.50. The summed E-state index contributed by atoms with van der Waals surface area (Å²) >= 11 is 6.07. The van der Waals surface area contributed by atoms with Crippen LogP contribution in [0.1, 0.15) is 10.4 Å². The van der Waals surface area contributed by atoms with Crippen molar-refractivity contribution in [1.82, 2.24) is 4.98 Å². The van der Waals surface area contributed by atoms with E-state index in [1.807, 2.05) is 36.4 Å². The molecule has 5 aromatic carbocycles. The minimum Gasteiger partial charge on any atom is -0.457 e. The van der Waals surface area contributed by atoms with Gasteiger partial charge in [-0.2, -0.15) is 0 Å². The van der Waals surface area contributed by atoms with Gasteiger partial charge in [-0.1, -0.05) is 41.9 Å². The largest absolute Gasteiger partial charge is 0.457 e. The first-order valence-corrected chi connectivity index (χ1v) is 13.3. The Balaban J connectivity index is 1.36. The minimum absolute atomic E-state index is 0.331. The molecule has 6 rings (SSSR count). The zero-order valence-electron chi connectivity index (χ0n) is 21.9. The molecule has 5 nitrogen and oxygen atoms in total. The van der Waals surface area contributed by atoms with Gasteiger partial charge in [0.25, 0.3) is 5.91 Å². The second kappa shape index (κ2) is 11.7. The third-order valence-electron chi connectivity index (χ3n) is 6.34. The lowest BCUT2D eigenvalue weighted by molar-refractivity contribution is 0.102. The Hall–Kier alpha value is -5.27. The average molecular weight is 579 g/mol. The topological polar surface area (TPSA) is 60.5 Å². The molecule has 0 saturated carbocycles. The first kappa shape index (κ1) is 26.9. The molecule has 0 aliphatic rings. The van der Waals surface area contributed by atoms with Crippen molar-refractivity contribution in [3.05, 3.63) is 144 Å². The van der Waals surface area contributed by atoms with Crippen molar-refractivity contribution < 1.29 is 23.0 Å². The number of pyridine rings is 1. The zero-order chi connectivity index (χ0) is 29.1. The SMILES string of the molecule is O=C(Nc1cc(Oc2ccc(F)cc2)cc(Oc2ccc(F)cc2)c1)c1cc(-c2ccc(Cl)cc2)nc2ccccc12. The highest BCUT2D eigenvalue weighted by molar-refractivity contribution is 6.30. The molecule has 42 heavy (non-hydrogen) atoms. The van der Waals surface area contributed by atoms with E-state index in [4.69, 9.17) is 26.1 Å². The van der Waals surface area contributed by atoms with Crippen LogP contribution in [0.3, 0.4) is 0 Å². The van der Waals surface area contributed by atoms with E-state index in [-0.39, 0.29) is 5.91 Å². The van der Waals surface area contributed by atoms with Crippen LogP contribution in [0.4, 0.5) is 14.5 Å². The predicted octanol–water partition coefficient (Wildman–Crippen LogP) is 9.67. The van der Waals surface area contributed by atoms with Crippen molar-refractivity contribution in [1.29, 1.82) is 0 Å². The number of hydrogen-bond donors (Lipinski definition) is 1. The monoisotopic (exact) mass is 578 g/mol. The highest BCUT2D eigenvalue weighted by atomic mass is 35.5. The van der Waals surface area contributed by atoms with Crippen molar-refractivity contribution in [3.63, 3.8) is 0 Å². The highest BCUT2D eigenvalue weighted by Crippen LogP contribution is 2.34. The first-order valence-electron chi connectivity index (χ1n) is 12.9. The smallest absolute Gasteiger partial charge is 0.256 e. The lowest BCUT2D eigenvalue weighted by atomic mass is 10.0. The van der Waals surface area contributed by atoms with Crippen molar-refractivity contribution in [2.75, 3.05) is 5.32 Å². The fourth-order valence-electron chi connectivity index (χ4n) is 4.37. The maximum absolute atomic E-state index is 13.8. The Bertz CT molecular complexity index is 1830. The number of fused-ring (bicyclic) bond motifs is 1. The van der Waals surface area contributed by atoms with Crippen LogP contribution in [0.5, 0.6) is 23.0 Å². The Morgan fingerprint density at radius 1 is 0.667 bits per heavy atom. The summed E-state index contributed by atoms with van der Waals surface area (Å²) < 4.78 is 38.7. The van der Waals surface area contributed by atoms with Crippen molar-refractivity contribution in [3.8, 4) is 34.3 Å². The Labute approximate surface area is 244 Å². The standard InChI is InChI=1S/C34H21ClF2N2O3/c35-22-7-5-21(6-8-22)33-20-31(30-3-1-2-4-32(30)39-33)34(40)38-25-17-28(41-26-13-9-23(36)10-14-26)19-29(18-25)42-27-15-11-24(37)12-16-27/h1-20H,(H,38,40). The highest BCUT2D eigenvalue weighted by Gasteiger charge is 2.16. The van der Waals surface area contributed by atoms with E-state index in [9.17, 15) is 13.6 Å². The van der Waals surface area contributed by atoms with Gasteiger partial charge < -0.3 is 14.8 Å². The van der Waals surface area contributed by atoms with Crippen LogP contribution in [0, 0.1) is 11.6 Å². The van der Waals surface area contributed by atoms with E-state index in [1.54, 1.807) is 36.4 Å². The molecule has 0 spiro atoms. The van der Waals surface area contributed by atoms with Crippen LogP contribution < -0.4 is 14.8 Å². The normalized spacial score (nSPS) is 10.8. The Kier molecular flexibility index (Phi) is 7.49. The number of aromatic nitrogens is 1. The second-order valence-electron chi connectivity index (χ2n) is 9.34. The molecule has 206 valence electrons. The number of rotatable bonds is 7. The number of carbonyl (C=O) groups is 1. The molecule has 0 aliphatic heterocycles. The van der Waals surface area contributed by atoms with Crippen molar-refractivity contribution in [2.45, 2.75) is 0 Å². The Morgan fingerprint density at radius 2 is 1.24 bits per heavy atom. The molecule has 1 amide bonds. The minimum atomic E-state index is -0.397. The lowest BCUT2D eigenvalue weighted by Crippen LogP contribution is -2.13. The zero-order valence-corrected chi connectivity index (χ0v) is 22.6. The number of nitrogens with zero attached hydrogens (tertiary/aromatic N) is 1. The molecule has 0 saturated heterocycles. The van der Waals surface area contributed by atoms with Gasteiger partial charge >= 0.3 is 0 Å². The Morgan fingerprint density at radius 3 is 1.83 bits per heavy atom. The van der Waals surface area contributed by atoms with Crippen LogP contribution in [-0.2, 0) is 0 Å². The molecule has 8 heteroatoms. The second-order valence-corrected chi connectivity index (χ2v) is 9.77. The number of halogens is 3. The number of nitrogens with one attached hydrogen (secondary N) is 1. The molecule has 0 aliphatic carbocycles. The first-order chi connectivity index (χ1) is 20.4. The number of amides is 1. The number of para-hydroxylation sites is 1. The summed E-state index contributed by atoms with van der Waals surface area (Å²) in [5.74, 6) is 0.268. The third-order valence-corrected chi connectivity index (χ3v) is 6.59. The van der Waals surface area contributed by atoms with E-state index in [2.05, 4.69) is 5.32 Å². The molecule has 6 aromatic rings. The van der Waals surface area contributed by atoms with E-state index in [1.165, 1.54) is 48.5 Å². The van der Waals surface area contributed by atoms with Gasteiger partial charge in [-0.15, -0.1) is 0 Å². The molecule has 0 unspecified atom stereocenters. The van der Waals surface area contributed by atoms with Crippen molar-refractivity contribution in [2.24, 2.45) is 0 Å². The fraction of sp³-hybridized carbons (Fsp3) is 0. The van der Waals surface area contributed by atoms with Gasteiger partial charge in [0, 0.05) is 39.9 Å². The van der Waals surface area contributed by atoms with Gasteiger partial charge in [0.15, 0.2) is 0 Å². The molecule has 0 fully saturated rings. The van der Waals surface area contributed by atoms with E-state index < -0.39 is 11.6 Å². The van der Waals surface area contributed by atoms with Crippen LogP contribution >= 0.6 is 11.6 Å². The van der Waals surface area contributed by atoms with Gasteiger partial charge in [0.05, 0.1) is 16.8 Å². The van der Waals surface area contributed by atoms with Crippen LogP contribution in [0.2, 0.25) is 5.02 Å². The predicted molar refractivity (Wildman–Crippen MR) is 160 cm³/mol. The van der Waals surface area contributed by atoms with Crippen molar-refractivity contribution >= 4 is 34.1 Å². The molecule has 1 heterocycles. The van der Waals surface area contributed by atoms with E-state index in [0.29, 0.717) is 55.9 Å². The maximum Gasteiger partial charge on any atom is 0.256 e. The van der Waals surface area contributed by atoms with Gasteiger partial charge in [-0.3, -0.25) is 4.79 Å². The average Bonchev–Trinajstić information content (AvgIpc) is 2.99. The van der Waals surface area contributed by atoms with Crippen LogP contribution in [0.15, 0.2) is 121 Å². The third kappa shape index (κ3) is 6.22. The lowest BCUT2D eigenvalue weighted by Gasteiger charge is -2.14. The molecule has 0 radical (unpaired) electrons.